The van der Waals surface area contributed by atoms with Crippen molar-refractivity contribution in [2.75, 3.05) is 33.0 Å². The summed E-state index contributed by atoms with van der Waals surface area (Å²) in [6.45, 7) is 5.16. The maximum Gasteiger partial charge on any atom is 0.255 e. The number of hydrogen-bond acceptors (Lipinski definition) is 4. The summed E-state index contributed by atoms with van der Waals surface area (Å²) in [6.07, 6.45) is 2.63. The number of hydrogen-bond donors (Lipinski definition) is 2. The van der Waals surface area contributed by atoms with E-state index in [9.17, 15) is 4.79 Å². The van der Waals surface area contributed by atoms with Crippen LogP contribution in [0.1, 0.15) is 30.6 Å². The first kappa shape index (κ1) is 16.4. The standard InChI is InChI=1S/C15H26N4O/c1-11(2)9-12(10-19(4)5)18-15(20)13-7-6-8-17-14(13)16-3/h6-8,11-12H,9-10H2,1-5H3,(H,16,17)(H,18,20). The molecule has 0 spiro atoms. The van der Waals surface area contributed by atoms with Gasteiger partial charge in [-0.1, -0.05) is 13.8 Å². The molecule has 5 heteroatoms. The minimum atomic E-state index is -0.0741. The predicted octanol–water partition coefficient (Wildman–Crippen LogP) is 1.83. The molecule has 0 aromatic carbocycles. The Bertz CT molecular complexity index is 422. The Kier molecular flexibility index (Phi) is 6.45. The molecular weight excluding hydrogens is 252 g/mol. The smallest absolute Gasteiger partial charge is 0.255 e. The second-order valence-corrected chi connectivity index (χ2v) is 5.71. The zero-order chi connectivity index (χ0) is 15.1. The van der Waals surface area contributed by atoms with Crippen LogP contribution in [-0.4, -0.2) is 49.5 Å². The van der Waals surface area contributed by atoms with Gasteiger partial charge in [0.05, 0.1) is 5.56 Å². The highest BCUT2D eigenvalue weighted by atomic mass is 16.1. The Morgan fingerprint density at radius 2 is 2.10 bits per heavy atom. The summed E-state index contributed by atoms with van der Waals surface area (Å²) in [5.74, 6) is 1.08. The Morgan fingerprint density at radius 1 is 1.40 bits per heavy atom. The average molecular weight is 278 g/mol. The molecule has 0 aliphatic heterocycles. The molecule has 0 saturated carbocycles. The fourth-order valence-corrected chi connectivity index (χ4v) is 2.24. The molecule has 1 rings (SSSR count). The molecular formula is C15H26N4O. The number of aromatic nitrogens is 1. The van der Waals surface area contributed by atoms with Crippen molar-refractivity contribution in [2.45, 2.75) is 26.3 Å². The third-order valence-corrected chi connectivity index (χ3v) is 2.97. The highest BCUT2D eigenvalue weighted by molar-refractivity contribution is 5.98. The summed E-state index contributed by atoms with van der Waals surface area (Å²) in [5.41, 5.74) is 0.586. The van der Waals surface area contributed by atoms with Gasteiger partial charge >= 0.3 is 0 Å². The minimum absolute atomic E-state index is 0.0741. The van der Waals surface area contributed by atoms with Gasteiger partial charge in [0.25, 0.3) is 5.91 Å². The molecule has 1 aromatic rings. The fourth-order valence-electron chi connectivity index (χ4n) is 2.24. The number of carbonyl (C=O) groups is 1. The molecule has 1 aromatic heterocycles. The molecule has 2 N–H and O–H groups in total. The number of pyridine rings is 1. The lowest BCUT2D eigenvalue weighted by Gasteiger charge is -2.24. The maximum atomic E-state index is 12.4. The molecule has 0 aliphatic carbocycles. The monoisotopic (exact) mass is 278 g/mol. The maximum absolute atomic E-state index is 12.4. The Hall–Kier alpha value is -1.62. The molecule has 0 saturated heterocycles. The van der Waals surface area contributed by atoms with Gasteiger partial charge in [-0.2, -0.15) is 0 Å². The van der Waals surface area contributed by atoms with Crippen LogP contribution in [0.15, 0.2) is 18.3 Å². The van der Waals surface area contributed by atoms with Gasteiger partial charge < -0.3 is 15.5 Å². The van der Waals surface area contributed by atoms with Crippen molar-refractivity contribution in [3.63, 3.8) is 0 Å². The van der Waals surface area contributed by atoms with Crippen LogP contribution in [-0.2, 0) is 0 Å². The zero-order valence-corrected chi connectivity index (χ0v) is 13.1. The van der Waals surface area contributed by atoms with Gasteiger partial charge in [0.1, 0.15) is 5.82 Å². The molecule has 1 atom stereocenters. The number of carbonyl (C=O) groups excluding carboxylic acids is 1. The van der Waals surface area contributed by atoms with Crippen LogP contribution < -0.4 is 10.6 Å². The second-order valence-electron chi connectivity index (χ2n) is 5.71. The molecule has 112 valence electrons. The molecule has 1 heterocycles. The average Bonchev–Trinajstić information content (AvgIpc) is 2.36. The quantitative estimate of drug-likeness (QED) is 0.799. The lowest BCUT2D eigenvalue weighted by atomic mass is 10.0. The van der Waals surface area contributed by atoms with E-state index in [4.69, 9.17) is 0 Å². The van der Waals surface area contributed by atoms with Crippen molar-refractivity contribution in [1.29, 1.82) is 0 Å². The van der Waals surface area contributed by atoms with Gasteiger partial charge in [0.15, 0.2) is 0 Å². The largest absolute Gasteiger partial charge is 0.372 e. The van der Waals surface area contributed by atoms with Gasteiger partial charge in [0.2, 0.25) is 0 Å². The third-order valence-electron chi connectivity index (χ3n) is 2.97. The van der Waals surface area contributed by atoms with E-state index in [0.29, 0.717) is 17.3 Å². The molecule has 5 nitrogen and oxygen atoms in total. The highest BCUT2D eigenvalue weighted by Gasteiger charge is 2.18. The predicted molar refractivity (Wildman–Crippen MR) is 83.0 cm³/mol. The summed E-state index contributed by atoms with van der Waals surface area (Å²) in [7, 11) is 5.80. The molecule has 0 bridgehead atoms. The molecule has 1 unspecified atom stereocenters. The van der Waals surface area contributed by atoms with Gasteiger partial charge in [-0.05, 0) is 38.6 Å². The van der Waals surface area contributed by atoms with Crippen LogP contribution in [0.3, 0.4) is 0 Å². The molecule has 20 heavy (non-hydrogen) atoms. The van der Waals surface area contributed by atoms with Crippen molar-refractivity contribution in [3.8, 4) is 0 Å². The molecule has 0 radical (unpaired) electrons. The van der Waals surface area contributed by atoms with E-state index in [-0.39, 0.29) is 11.9 Å². The highest BCUT2D eigenvalue weighted by Crippen LogP contribution is 2.12. The van der Waals surface area contributed by atoms with Gasteiger partial charge in [-0.15, -0.1) is 0 Å². The second kappa shape index (κ2) is 7.85. The molecule has 0 fully saturated rings. The SMILES string of the molecule is CNc1ncccc1C(=O)NC(CC(C)C)CN(C)C. The number of nitrogens with one attached hydrogen (secondary N) is 2. The summed E-state index contributed by atoms with van der Waals surface area (Å²) < 4.78 is 0. The topological polar surface area (TPSA) is 57.3 Å². The van der Waals surface area contributed by atoms with Crippen LogP contribution in [0.4, 0.5) is 5.82 Å². The van der Waals surface area contributed by atoms with Crippen molar-refractivity contribution in [1.82, 2.24) is 15.2 Å². The summed E-state index contributed by atoms with van der Waals surface area (Å²) in [6, 6.07) is 3.71. The van der Waals surface area contributed by atoms with Crippen molar-refractivity contribution in [2.24, 2.45) is 5.92 Å². The zero-order valence-electron chi connectivity index (χ0n) is 13.1. The lowest BCUT2D eigenvalue weighted by molar-refractivity contribution is 0.0925. The van der Waals surface area contributed by atoms with Gasteiger partial charge in [0, 0.05) is 25.8 Å². The van der Waals surface area contributed by atoms with E-state index in [2.05, 4.69) is 34.4 Å². The first-order chi connectivity index (χ1) is 9.43. The normalized spacial score (nSPS) is 12.6. The van der Waals surface area contributed by atoms with Crippen LogP contribution in [0.2, 0.25) is 0 Å². The Balaban J connectivity index is 2.79. The van der Waals surface area contributed by atoms with Gasteiger partial charge in [-0.25, -0.2) is 4.98 Å². The summed E-state index contributed by atoms with van der Waals surface area (Å²) in [4.78, 5) is 18.6. The van der Waals surface area contributed by atoms with E-state index >= 15 is 0 Å². The first-order valence-electron chi connectivity index (χ1n) is 7.02. The lowest BCUT2D eigenvalue weighted by Crippen LogP contribution is -2.42. The van der Waals surface area contributed by atoms with Crippen molar-refractivity contribution < 1.29 is 4.79 Å². The Morgan fingerprint density at radius 3 is 2.65 bits per heavy atom. The number of rotatable bonds is 7. The van der Waals surface area contributed by atoms with Crippen molar-refractivity contribution >= 4 is 11.7 Å². The summed E-state index contributed by atoms with van der Waals surface area (Å²) >= 11 is 0. The number of amides is 1. The van der Waals surface area contributed by atoms with Crippen LogP contribution in [0.5, 0.6) is 0 Å². The molecule has 1 amide bonds. The number of anilines is 1. The first-order valence-corrected chi connectivity index (χ1v) is 7.02. The minimum Gasteiger partial charge on any atom is -0.372 e. The van der Waals surface area contributed by atoms with Crippen LogP contribution >= 0.6 is 0 Å². The van der Waals surface area contributed by atoms with Crippen LogP contribution in [0.25, 0.3) is 0 Å². The molecule has 0 aliphatic rings. The van der Waals surface area contributed by atoms with Gasteiger partial charge in [-0.3, -0.25) is 4.79 Å². The van der Waals surface area contributed by atoms with Crippen LogP contribution in [0, 0.1) is 5.92 Å². The van der Waals surface area contributed by atoms with E-state index in [0.717, 1.165) is 13.0 Å². The third kappa shape index (κ3) is 5.17. The Labute approximate surface area is 121 Å². The van der Waals surface area contributed by atoms with E-state index < -0.39 is 0 Å². The van der Waals surface area contributed by atoms with E-state index in [1.54, 1.807) is 25.4 Å². The van der Waals surface area contributed by atoms with Crippen molar-refractivity contribution in [3.05, 3.63) is 23.9 Å². The fraction of sp³-hybridized carbons (Fsp3) is 0.600. The number of nitrogens with zero attached hydrogens (tertiary/aromatic N) is 2. The van der Waals surface area contributed by atoms with E-state index in [1.807, 2.05) is 14.1 Å². The summed E-state index contributed by atoms with van der Waals surface area (Å²) in [5, 5.41) is 6.06. The number of likely N-dealkylation sites (N-methyl/N-ethyl adjacent to an activating group) is 1. The van der Waals surface area contributed by atoms with E-state index in [1.165, 1.54) is 0 Å².